The minimum absolute atomic E-state index is 0.0686. The van der Waals surface area contributed by atoms with Gasteiger partial charge in [0.1, 0.15) is 0 Å². The van der Waals surface area contributed by atoms with Crippen molar-refractivity contribution in [2.75, 3.05) is 13.1 Å². The number of benzene rings is 1. The first-order valence-corrected chi connectivity index (χ1v) is 10.5. The number of aromatic amines is 1. The van der Waals surface area contributed by atoms with Crippen molar-refractivity contribution in [2.24, 2.45) is 0 Å². The first-order chi connectivity index (χ1) is 14.7. The quantitative estimate of drug-likeness (QED) is 0.565. The Kier molecular flexibility index (Phi) is 4.83. The molecular formula is C24H25N5O. The summed E-state index contributed by atoms with van der Waals surface area (Å²) in [4.78, 5) is 15.0. The molecule has 4 aromatic rings. The lowest BCUT2D eigenvalue weighted by Gasteiger charge is -2.31. The third kappa shape index (κ3) is 3.61. The molecule has 30 heavy (non-hydrogen) atoms. The summed E-state index contributed by atoms with van der Waals surface area (Å²) >= 11 is 0. The number of nitrogens with zero attached hydrogens (tertiary/aromatic N) is 4. The highest BCUT2D eigenvalue weighted by molar-refractivity contribution is 6.00. The molecule has 0 saturated carbocycles. The van der Waals surface area contributed by atoms with E-state index >= 15 is 0 Å². The third-order valence-electron chi connectivity index (χ3n) is 5.98. The lowest BCUT2D eigenvalue weighted by molar-refractivity contribution is 0.0714. The van der Waals surface area contributed by atoms with Crippen LogP contribution in [0.3, 0.4) is 0 Å². The Morgan fingerprint density at radius 1 is 1.13 bits per heavy atom. The molecule has 0 radical (unpaired) electrons. The number of rotatable bonds is 4. The average Bonchev–Trinajstić information content (AvgIpc) is 3.41. The van der Waals surface area contributed by atoms with Gasteiger partial charge in [-0.2, -0.15) is 10.2 Å². The number of hydrogen-bond donors (Lipinski definition) is 1. The van der Waals surface area contributed by atoms with Crippen molar-refractivity contribution in [1.82, 2.24) is 24.7 Å². The van der Waals surface area contributed by atoms with E-state index in [4.69, 9.17) is 0 Å². The van der Waals surface area contributed by atoms with E-state index in [0.717, 1.165) is 54.8 Å². The minimum atomic E-state index is 0.0686. The second kappa shape index (κ2) is 7.78. The predicted octanol–water partition coefficient (Wildman–Crippen LogP) is 3.98. The van der Waals surface area contributed by atoms with Crippen LogP contribution in [0.15, 0.2) is 60.9 Å². The monoisotopic (exact) mass is 399 g/mol. The molecule has 0 bridgehead atoms. The molecule has 1 aliphatic rings. The zero-order chi connectivity index (χ0) is 20.5. The molecule has 1 aliphatic heterocycles. The van der Waals surface area contributed by atoms with Crippen LogP contribution in [-0.2, 0) is 6.42 Å². The molecule has 5 rings (SSSR count). The zero-order valence-corrected chi connectivity index (χ0v) is 17.1. The molecule has 1 N–H and O–H groups in total. The maximum atomic E-state index is 13.1. The lowest BCUT2D eigenvalue weighted by Crippen LogP contribution is -2.38. The molecule has 6 nitrogen and oxygen atoms in total. The van der Waals surface area contributed by atoms with Gasteiger partial charge in [-0.1, -0.05) is 36.4 Å². The van der Waals surface area contributed by atoms with Crippen molar-refractivity contribution in [3.63, 3.8) is 0 Å². The highest BCUT2D eigenvalue weighted by Gasteiger charge is 2.27. The molecule has 3 aromatic heterocycles. The summed E-state index contributed by atoms with van der Waals surface area (Å²) in [5, 5.41) is 12.1. The molecule has 0 spiro atoms. The molecule has 1 aromatic carbocycles. The second-order valence-corrected chi connectivity index (χ2v) is 8.14. The number of nitrogens with one attached hydrogen (secondary N) is 1. The maximum Gasteiger partial charge on any atom is 0.257 e. The number of fused-ring (bicyclic) bond motifs is 1. The van der Waals surface area contributed by atoms with Gasteiger partial charge in [0.05, 0.1) is 23.0 Å². The number of likely N-dealkylation sites (tertiary alicyclic amines) is 1. The van der Waals surface area contributed by atoms with Gasteiger partial charge in [0.15, 0.2) is 0 Å². The number of carbonyl (C=O) groups excluding carboxylic acids is 1. The SMILES string of the molecule is Cc1ccc2c(C(=O)N3CCC(c4cc(Cc5ccccc5)[nH]n4)CC3)cnn2c1. The van der Waals surface area contributed by atoms with Crippen molar-refractivity contribution < 1.29 is 4.79 Å². The Bertz CT molecular complexity index is 1170. The van der Waals surface area contributed by atoms with Gasteiger partial charge in [-0.25, -0.2) is 4.52 Å². The Morgan fingerprint density at radius 3 is 2.73 bits per heavy atom. The molecule has 0 atom stereocenters. The van der Waals surface area contributed by atoms with Crippen LogP contribution in [0.25, 0.3) is 5.52 Å². The molecule has 6 heteroatoms. The number of amides is 1. The average molecular weight is 399 g/mol. The Hall–Kier alpha value is -3.41. The molecule has 1 fully saturated rings. The van der Waals surface area contributed by atoms with E-state index in [1.165, 1.54) is 5.56 Å². The van der Waals surface area contributed by atoms with E-state index in [9.17, 15) is 4.79 Å². The van der Waals surface area contributed by atoms with E-state index in [2.05, 4.69) is 45.6 Å². The maximum absolute atomic E-state index is 13.1. The van der Waals surface area contributed by atoms with Crippen LogP contribution in [0.1, 0.15) is 51.6 Å². The summed E-state index contributed by atoms with van der Waals surface area (Å²) in [6.07, 6.45) is 6.36. The van der Waals surface area contributed by atoms with Crippen LogP contribution < -0.4 is 0 Å². The third-order valence-corrected chi connectivity index (χ3v) is 5.98. The van der Waals surface area contributed by atoms with Gasteiger partial charge in [-0.15, -0.1) is 0 Å². The van der Waals surface area contributed by atoms with Crippen molar-refractivity contribution >= 4 is 11.4 Å². The Balaban J connectivity index is 1.23. The summed E-state index contributed by atoms with van der Waals surface area (Å²) in [5.41, 5.74) is 6.19. The fourth-order valence-corrected chi connectivity index (χ4v) is 4.30. The van der Waals surface area contributed by atoms with Gasteiger partial charge in [0.2, 0.25) is 0 Å². The van der Waals surface area contributed by atoms with E-state index < -0.39 is 0 Å². The smallest absolute Gasteiger partial charge is 0.257 e. The van der Waals surface area contributed by atoms with E-state index in [0.29, 0.717) is 11.5 Å². The lowest BCUT2D eigenvalue weighted by atomic mass is 9.93. The van der Waals surface area contributed by atoms with E-state index in [1.54, 1.807) is 10.7 Å². The predicted molar refractivity (Wildman–Crippen MR) is 116 cm³/mol. The molecule has 152 valence electrons. The van der Waals surface area contributed by atoms with Gasteiger partial charge in [0, 0.05) is 37.3 Å². The number of pyridine rings is 1. The Labute approximate surface area is 175 Å². The topological polar surface area (TPSA) is 66.3 Å². The molecule has 1 amide bonds. The van der Waals surface area contributed by atoms with E-state index in [1.807, 2.05) is 36.2 Å². The highest BCUT2D eigenvalue weighted by atomic mass is 16.2. The van der Waals surface area contributed by atoms with Crippen molar-refractivity contribution in [3.05, 3.63) is 89.0 Å². The number of hydrogen-bond acceptors (Lipinski definition) is 3. The van der Waals surface area contributed by atoms with E-state index in [-0.39, 0.29) is 5.91 Å². The molecular weight excluding hydrogens is 374 g/mol. The van der Waals surface area contributed by atoms with Crippen molar-refractivity contribution in [1.29, 1.82) is 0 Å². The van der Waals surface area contributed by atoms with Gasteiger partial charge >= 0.3 is 0 Å². The van der Waals surface area contributed by atoms with Crippen LogP contribution >= 0.6 is 0 Å². The number of H-pyrrole nitrogens is 1. The van der Waals surface area contributed by atoms with Crippen LogP contribution in [-0.4, -0.2) is 43.7 Å². The minimum Gasteiger partial charge on any atom is -0.338 e. The number of aromatic nitrogens is 4. The first kappa shape index (κ1) is 18.6. The number of piperidine rings is 1. The van der Waals surface area contributed by atoms with Crippen LogP contribution in [0, 0.1) is 6.92 Å². The summed E-state index contributed by atoms with van der Waals surface area (Å²) in [6, 6.07) is 16.6. The van der Waals surface area contributed by atoms with Gasteiger partial charge in [-0.05, 0) is 43.0 Å². The summed E-state index contributed by atoms with van der Waals surface area (Å²) in [7, 11) is 0. The van der Waals surface area contributed by atoms with Crippen molar-refractivity contribution in [3.8, 4) is 0 Å². The zero-order valence-electron chi connectivity index (χ0n) is 17.1. The van der Waals surface area contributed by atoms with Crippen LogP contribution in [0.4, 0.5) is 0 Å². The normalized spacial score (nSPS) is 15.0. The highest BCUT2D eigenvalue weighted by Crippen LogP contribution is 2.28. The summed E-state index contributed by atoms with van der Waals surface area (Å²) in [6.45, 7) is 3.51. The molecule has 0 unspecified atom stereocenters. The largest absolute Gasteiger partial charge is 0.338 e. The standard InChI is InChI=1S/C24H25N5O/c1-17-7-8-23-21(15-25-29(23)16-17)24(30)28-11-9-19(10-12-28)22-14-20(26-27-22)13-18-5-3-2-4-6-18/h2-8,14-16,19H,9-13H2,1H3,(H,26,27). The van der Waals surface area contributed by atoms with Crippen LogP contribution in [0.5, 0.6) is 0 Å². The molecule has 4 heterocycles. The molecule has 0 aliphatic carbocycles. The number of carbonyl (C=O) groups is 1. The molecule has 1 saturated heterocycles. The summed E-state index contributed by atoms with van der Waals surface area (Å²) < 4.78 is 1.79. The fraction of sp³-hybridized carbons (Fsp3) is 0.292. The first-order valence-electron chi connectivity index (χ1n) is 10.5. The van der Waals surface area contributed by atoms with Gasteiger partial charge < -0.3 is 4.90 Å². The Morgan fingerprint density at radius 2 is 1.93 bits per heavy atom. The second-order valence-electron chi connectivity index (χ2n) is 8.14. The summed E-state index contributed by atoms with van der Waals surface area (Å²) in [5.74, 6) is 0.459. The van der Waals surface area contributed by atoms with Gasteiger partial charge in [-0.3, -0.25) is 9.89 Å². The van der Waals surface area contributed by atoms with Gasteiger partial charge in [0.25, 0.3) is 5.91 Å². The van der Waals surface area contributed by atoms with Crippen LogP contribution in [0.2, 0.25) is 0 Å². The fourth-order valence-electron chi connectivity index (χ4n) is 4.30. The van der Waals surface area contributed by atoms with Crippen molar-refractivity contribution in [2.45, 2.75) is 32.1 Å². The number of aryl methyl sites for hydroxylation is 1.